The molecule has 1 heterocycles. The molecule has 0 aliphatic heterocycles. The van der Waals surface area contributed by atoms with Gasteiger partial charge in [-0.2, -0.15) is 10.4 Å². The summed E-state index contributed by atoms with van der Waals surface area (Å²) in [6, 6.07) is 25.7. The summed E-state index contributed by atoms with van der Waals surface area (Å²) in [4.78, 5) is 4.09. The second-order valence-corrected chi connectivity index (χ2v) is 9.06. The Hall–Kier alpha value is -5.04. The van der Waals surface area contributed by atoms with E-state index in [2.05, 4.69) is 56.8 Å². The van der Waals surface area contributed by atoms with Crippen molar-refractivity contribution in [2.24, 2.45) is 10.2 Å². The number of nitrogens with one attached hydrogen (secondary N) is 2. The predicted octanol–water partition coefficient (Wildman–Crippen LogP) is 5.04. The van der Waals surface area contributed by atoms with Gasteiger partial charge in [-0.3, -0.25) is 4.98 Å². The molecule has 3 aromatic carbocycles. The monoisotopic (exact) mass is 548 g/mol. The first-order chi connectivity index (χ1) is 20.1. The SMILES string of the molecule is C=N/N=C(\OCNc1ccc(OCc2cncc(C#N)c2)c(CNCCO)c1)c1cccc(-c2ccccc2)c1C. The first kappa shape index (κ1) is 29.0. The van der Waals surface area contributed by atoms with Crippen molar-refractivity contribution >= 4 is 18.3 Å². The molecule has 1 aromatic heterocycles. The van der Waals surface area contributed by atoms with Crippen molar-refractivity contribution in [3.63, 3.8) is 0 Å². The molecule has 4 aromatic rings. The summed E-state index contributed by atoms with van der Waals surface area (Å²) in [6.07, 6.45) is 3.19. The number of nitrogens with zero attached hydrogens (tertiary/aromatic N) is 4. The maximum Gasteiger partial charge on any atom is 0.242 e. The largest absolute Gasteiger partial charge is 0.489 e. The van der Waals surface area contributed by atoms with Crippen LogP contribution in [0.1, 0.15) is 27.8 Å². The zero-order valence-corrected chi connectivity index (χ0v) is 22.9. The van der Waals surface area contributed by atoms with Crippen LogP contribution >= 0.6 is 0 Å². The number of aliphatic hydroxyl groups is 1. The average Bonchev–Trinajstić information content (AvgIpc) is 3.01. The summed E-state index contributed by atoms with van der Waals surface area (Å²) >= 11 is 0. The number of ether oxygens (including phenoxy) is 2. The molecular weight excluding hydrogens is 516 g/mol. The van der Waals surface area contributed by atoms with Crippen LogP contribution < -0.4 is 15.4 Å². The first-order valence-electron chi connectivity index (χ1n) is 13.1. The number of nitriles is 1. The summed E-state index contributed by atoms with van der Waals surface area (Å²) in [5.74, 6) is 1.04. The van der Waals surface area contributed by atoms with Crippen LogP contribution in [0.5, 0.6) is 5.75 Å². The standard InChI is InChI=1S/C32H32N6O3/c1-23-29(26-7-4-3-5-8-26)9-6-10-30(23)32(38-34-2)41-22-37-28-11-12-31(27(16-28)20-35-13-14-39)40-21-25-15-24(17-33)18-36-19-25/h3-12,15-16,18-19,35,37,39H,2,13-14,20-22H2,1H3/b38-32-. The molecule has 0 aliphatic rings. The Morgan fingerprint density at radius 2 is 1.93 bits per heavy atom. The van der Waals surface area contributed by atoms with Gasteiger partial charge in [0.2, 0.25) is 5.90 Å². The van der Waals surface area contributed by atoms with Gasteiger partial charge in [0.15, 0.2) is 6.73 Å². The van der Waals surface area contributed by atoms with E-state index in [0.717, 1.165) is 39.1 Å². The third-order valence-electron chi connectivity index (χ3n) is 6.28. The Kier molecular flexibility index (Phi) is 10.5. The Bertz CT molecular complexity index is 1530. The van der Waals surface area contributed by atoms with Gasteiger partial charge in [0.1, 0.15) is 18.4 Å². The summed E-state index contributed by atoms with van der Waals surface area (Å²) in [5, 5.41) is 32.7. The number of rotatable bonds is 13. The van der Waals surface area contributed by atoms with Crippen molar-refractivity contribution < 1.29 is 14.6 Å². The molecule has 9 heteroatoms. The normalized spacial score (nSPS) is 11.0. The third kappa shape index (κ3) is 7.99. The highest BCUT2D eigenvalue weighted by atomic mass is 16.5. The fraction of sp³-hybridized carbons (Fsp3) is 0.188. The van der Waals surface area contributed by atoms with Crippen molar-refractivity contribution in [3.05, 3.63) is 113 Å². The summed E-state index contributed by atoms with van der Waals surface area (Å²) in [6.45, 7) is 6.91. The van der Waals surface area contributed by atoms with Gasteiger partial charge in [-0.15, -0.1) is 5.10 Å². The molecule has 4 rings (SSSR count). The Balaban J connectivity index is 1.46. The van der Waals surface area contributed by atoms with Crippen LogP contribution in [0.2, 0.25) is 0 Å². The molecule has 3 N–H and O–H groups in total. The molecule has 0 amide bonds. The topological polar surface area (TPSA) is 124 Å². The molecule has 0 saturated heterocycles. The number of hydrogen-bond acceptors (Lipinski definition) is 9. The predicted molar refractivity (Wildman–Crippen MR) is 161 cm³/mol. The minimum atomic E-state index is 0.0267. The average molecular weight is 549 g/mol. The van der Waals surface area contributed by atoms with Gasteiger partial charge in [-0.05, 0) is 53.9 Å². The van der Waals surface area contributed by atoms with Crippen molar-refractivity contribution in [3.8, 4) is 22.9 Å². The Labute approximate surface area is 239 Å². The van der Waals surface area contributed by atoms with Crippen LogP contribution in [0.3, 0.4) is 0 Å². The maximum absolute atomic E-state index is 9.20. The number of hydrogen-bond donors (Lipinski definition) is 3. The van der Waals surface area contributed by atoms with Gasteiger partial charge >= 0.3 is 0 Å². The zero-order valence-electron chi connectivity index (χ0n) is 22.9. The van der Waals surface area contributed by atoms with Crippen molar-refractivity contribution in [2.75, 3.05) is 25.2 Å². The molecule has 0 atom stereocenters. The summed E-state index contributed by atoms with van der Waals surface area (Å²) in [7, 11) is 0. The van der Waals surface area contributed by atoms with E-state index in [4.69, 9.17) is 14.7 Å². The molecule has 9 nitrogen and oxygen atoms in total. The van der Waals surface area contributed by atoms with Gasteiger partial charge in [0.25, 0.3) is 0 Å². The first-order valence-corrected chi connectivity index (χ1v) is 13.1. The van der Waals surface area contributed by atoms with E-state index in [0.29, 0.717) is 30.3 Å². The molecule has 0 bridgehead atoms. The second-order valence-electron chi connectivity index (χ2n) is 9.06. The zero-order chi connectivity index (χ0) is 28.9. The highest BCUT2D eigenvalue weighted by molar-refractivity contribution is 5.97. The van der Waals surface area contributed by atoms with E-state index < -0.39 is 0 Å². The van der Waals surface area contributed by atoms with Crippen molar-refractivity contribution in [1.29, 1.82) is 5.26 Å². The molecule has 0 unspecified atom stereocenters. The molecular formula is C32H32N6O3. The molecule has 41 heavy (non-hydrogen) atoms. The minimum absolute atomic E-state index is 0.0267. The molecule has 208 valence electrons. The molecule has 0 aliphatic carbocycles. The van der Waals surface area contributed by atoms with Crippen LogP contribution in [0.25, 0.3) is 11.1 Å². The summed E-state index contributed by atoms with van der Waals surface area (Å²) in [5.41, 5.74) is 7.02. The lowest BCUT2D eigenvalue weighted by Crippen LogP contribution is -2.18. The van der Waals surface area contributed by atoms with Crippen LogP contribution in [0.4, 0.5) is 5.69 Å². The van der Waals surface area contributed by atoms with E-state index in [9.17, 15) is 5.11 Å². The second kappa shape index (κ2) is 14.9. The molecule has 0 spiro atoms. The molecule has 0 saturated carbocycles. The fourth-order valence-corrected chi connectivity index (χ4v) is 4.27. The van der Waals surface area contributed by atoms with Gasteiger partial charge in [0, 0.05) is 54.6 Å². The lowest BCUT2D eigenvalue weighted by Gasteiger charge is -2.16. The lowest BCUT2D eigenvalue weighted by atomic mass is 9.96. The number of pyridine rings is 1. The van der Waals surface area contributed by atoms with Gasteiger partial charge in [0.05, 0.1) is 12.2 Å². The van der Waals surface area contributed by atoms with Gasteiger partial charge in [-0.1, -0.05) is 42.5 Å². The third-order valence-corrected chi connectivity index (χ3v) is 6.28. The van der Waals surface area contributed by atoms with Crippen LogP contribution in [0.15, 0.2) is 95.4 Å². The number of aliphatic hydroxyl groups excluding tert-OH is 1. The van der Waals surface area contributed by atoms with E-state index in [1.807, 2.05) is 55.5 Å². The molecule has 0 fully saturated rings. The highest BCUT2D eigenvalue weighted by Gasteiger charge is 2.13. The molecule has 0 radical (unpaired) electrons. The number of aromatic nitrogens is 1. The highest BCUT2D eigenvalue weighted by Crippen LogP contribution is 2.27. The van der Waals surface area contributed by atoms with E-state index in [-0.39, 0.29) is 19.9 Å². The quantitative estimate of drug-likeness (QED) is 0.0703. The Morgan fingerprint density at radius 1 is 1.07 bits per heavy atom. The van der Waals surface area contributed by atoms with Crippen LogP contribution in [-0.4, -0.2) is 42.6 Å². The van der Waals surface area contributed by atoms with Crippen molar-refractivity contribution in [1.82, 2.24) is 10.3 Å². The minimum Gasteiger partial charge on any atom is -0.489 e. The van der Waals surface area contributed by atoms with E-state index in [1.54, 1.807) is 12.3 Å². The fourth-order valence-electron chi connectivity index (χ4n) is 4.27. The number of benzene rings is 3. The van der Waals surface area contributed by atoms with Crippen LogP contribution in [0, 0.1) is 18.3 Å². The van der Waals surface area contributed by atoms with Crippen LogP contribution in [-0.2, 0) is 17.9 Å². The van der Waals surface area contributed by atoms with Crippen molar-refractivity contribution in [2.45, 2.75) is 20.1 Å². The number of anilines is 1. The van der Waals surface area contributed by atoms with E-state index >= 15 is 0 Å². The Morgan fingerprint density at radius 3 is 2.71 bits per heavy atom. The smallest absolute Gasteiger partial charge is 0.242 e. The lowest BCUT2D eigenvalue weighted by molar-refractivity contribution is 0.288. The maximum atomic E-state index is 9.20. The van der Waals surface area contributed by atoms with Gasteiger partial charge < -0.3 is 25.2 Å². The summed E-state index contributed by atoms with van der Waals surface area (Å²) < 4.78 is 12.1. The van der Waals surface area contributed by atoms with E-state index in [1.165, 1.54) is 6.20 Å². The van der Waals surface area contributed by atoms with Gasteiger partial charge in [-0.25, -0.2) is 0 Å².